The Morgan fingerprint density at radius 2 is 1.74 bits per heavy atom. The Labute approximate surface area is 194 Å². The van der Waals surface area contributed by atoms with E-state index >= 15 is 0 Å². The molecule has 0 bridgehead atoms. The lowest BCUT2D eigenvalue weighted by atomic mass is 10.1. The van der Waals surface area contributed by atoms with Crippen LogP contribution in [-0.4, -0.2) is 25.6 Å². The molecule has 0 aliphatic carbocycles. The smallest absolute Gasteiger partial charge is 0.326 e. The van der Waals surface area contributed by atoms with Gasteiger partial charge in [0.05, 0.1) is 24.9 Å². The number of aromatic nitrogens is 1. The number of benzene rings is 2. The van der Waals surface area contributed by atoms with E-state index in [4.69, 9.17) is 0 Å². The van der Waals surface area contributed by atoms with Gasteiger partial charge in [-0.3, -0.25) is 14.1 Å². The first-order valence-electron chi connectivity index (χ1n) is 9.98. The lowest BCUT2D eigenvalue weighted by Crippen LogP contribution is -2.29. The highest BCUT2D eigenvalue weighted by Gasteiger charge is 2.32. The number of sulfonamides is 1. The van der Waals surface area contributed by atoms with Gasteiger partial charge < -0.3 is 5.32 Å². The highest BCUT2D eigenvalue weighted by Crippen LogP contribution is 2.27. The number of aryl methyl sites for hydroxylation is 1. The molecular weight excluding hydrogens is 474 g/mol. The van der Waals surface area contributed by atoms with Crippen molar-refractivity contribution in [3.05, 3.63) is 89.0 Å². The van der Waals surface area contributed by atoms with Crippen LogP contribution in [0.1, 0.15) is 22.4 Å². The number of hydrogen-bond donors (Lipinski definition) is 1. The molecular formula is C23H21F4N3O3S. The maximum Gasteiger partial charge on any atom is 0.433 e. The molecule has 1 heterocycles. The summed E-state index contributed by atoms with van der Waals surface area (Å²) in [5.74, 6) is -0.958. The number of amides is 1. The molecule has 0 unspecified atom stereocenters. The number of alkyl halides is 3. The molecule has 1 aromatic heterocycles. The average Bonchev–Trinajstić information content (AvgIpc) is 2.74. The molecule has 11 heteroatoms. The molecule has 0 spiro atoms. The van der Waals surface area contributed by atoms with Crippen LogP contribution in [0.4, 0.5) is 28.9 Å². The summed E-state index contributed by atoms with van der Waals surface area (Å²) in [5, 5.41) is 2.60. The molecule has 0 aliphatic heterocycles. The van der Waals surface area contributed by atoms with Gasteiger partial charge in [0.15, 0.2) is 0 Å². The van der Waals surface area contributed by atoms with Crippen LogP contribution in [0.5, 0.6) is 0 Å². The zero-order valence-corrected chi connectivity index (χ0v) is 19.0. The minimum atomic E-state index is -4.56. The SMILES string of the molecule is Cc1ccc(F)cc1CN(c1ccc(NC(=O)Cc2ccc(C(F)(F)F)nc2)cc1)S(C)(=O)=O. The Morgan fingerprint density at radius 3 is 2.29 bits per heavy atom. The van der Waals surface area contributed by atoms with Crippen LogP contribution >= 0.6 is 0 Å². The number of hydrogen-bond acceptors (Lipinski definition) is 4. The van der Waals surface area contributed by atoms with Crippen molar-refractivity contribution >= 4 is 27.3 Å². The number of pyridine rings is 1. The second kappa shape index (κ2) is 9.80. The lowest BCUT2D eigenvalue weighted by molar-refractivity contribution is -0.141. The third kappa shape index (κ3) is 6.53. The molecule has 2 aromatic carbocycles. The molecule has 0 saturated heterocycles. The Hall–Kier alpha value is -3.47. The summed E-state index contributed by atoms with van der Waals surface area (Å²) in [4.78, 5) is 15.6. The Kier molecular flexibility index (Phi) is 7.25. The van der Waals surface area contributed by atoms with Gasteiger partial charge >= 0.3 is 6.18 Å². The number of nitrogens with zero attached hydrogens (tertiary/aromatic N) is 2. The van der Waals surface area contributed by atoms with Gasteiger partial charge in [-0.1, -0.05) is 12.1 Å². The zero-order valence-electron chi connectivity index (χ0n) is 18.2. The molecule has 0 saturated carbocycles. The minimum absolute atomic E-state index is 0.0744. The molecule has 180 valence electrons. The van der Waals surface area contributed by atoms with Crippen molar-refractivity contribution in [2.45, 2.75) is 26.1 Å². The molecule has 1 N–H and O–H groups in total. The van der Waals surface area contributed by atoms with Crippen LogP contribution in [-0.2, 0) is 34.0 Å². The molecule has 0 fully saturated rings. The Balaban J connectivity index is 1.71. The van der Waals surface area contributed by atoms with Gasteiger partial charge in [-0.2, -0.15) is 13.2 Å². The predicted molar refractivity (Wildman–Crippen MR) is 120 cm³/mol. The Morgan fingerprint density at radius 1 is 1.06 bits per heavy atom. The minimum Gasteiger partial charge on any atom is -0.326 e. The summed E-state index contributed by atoms with van der Waals surface area (Å²) in [7, 11) is -3.70. The number of carbonyl (C=O) groups is 1. The summed E-state index contributed by atoms with van der Waals surface area (Å²) in [6.07, 6.45) is -2.73. The molecule has 3 rings (SSSR count). The van der Waals surface area contributed by atoms with Gasteiger partial charge in [0.25, 0.3) is 0 Å². The van der Waals surface area contributed by atoms with Gasteiger partial charge in [-0.15, -0.1) is 0 Å². The summed E-state index contributed by atoms with van der Waals surface area (Å²) in [6, 6.07) is 12.1. The Bertz CT molecular complexity index is 1280. The van der Waals surface area contributed by atoms with E-state index in [1.54, 1.807) is 13.0 Å². The standard InChI is InChI=1S/C23H21F4N3O3S/c1-15-3-5-18(24)12-17(15)14-30(34(2,32)33)20-8-6-19(7-9-20)29-22(31)11-16-4-10-21(28-13-16)23(25,26)27/h3-10,12-13H,11,14H2,1-2H3,(H,29,31). The fourth-order valence-electron chi connectivity index (χ4n) is 3.16. The number of halogens is 4. The predicted octanol–water partition coefficient (Wildman–Crippen LogP) is 4.70. The van der Waals surface area contributed by atoms with E-state index in [9.17, 15) is 30.8 Å². The van der Waals surface area contributed by atoms with Gasteiger partial charge in [-0.25, -0.2) is 12.8 Å². The lowest BCUT2D eigenvalue weighted by Gasteiger charge is -2.23. The third-order valence-corrected chi connectivity index (χ3v) is 6.08. The van der Waals surface area contributed by atoms with Crippen molar-refractivity contribution in [1.82, 2.24) is 4.98 Å². The van der Waals surface area contributed by atoms with Crippen molar-refractivity contribution < 1.29 is 30.8 Å². The second-order valence-corrected chi connectivity index (χ2v) is 9.57. The third-order valence-electron chi connectivity index (χ3n) is 4.94. The maximum absolute atomic E-state index is 13.6. The van der Waals surface area contributed by atoms with Crippen molar-refractivity contribution in [2.24, 2.45) is 0 Å². The molecule has 1 amide bonds. The summed E-state index contributed by atoms with van der Waals surface area (Å²) >= 11 is 0. The van der Waals surface area contributed by atoms with Crippen LogP contribution < -0.4 is 9.62 Å². The largest absolute Gasteiger partial charge is 0.433 e. The maximum atomic E-state index is 13.6. The molecule has 34 heavy (non-hydrogen) atoms. The van der Waals surface area contributed by atoms with Gasteiger partial charge in [-0.05, 0) is 66.1 Å². The highest BCUT2D eigenvalue weighted by molar-refractivity contribution is 7.92. The van der Waals surface area contributed by atoms with Crippen LogP contribution in [0.15, 0.2) is 60.8 Å². The topological polar surface area (TPSA) is 79.4 Å². The molecule has 0 radical (unpaired) electrons. The molecule has 3 aromatic rings. The van der Waals surface area contributed by atoms with Crippen molar-refractivity contribution in [3.63, 3.8) is 0 Å². The summed E-state index contributed by atoms with van der Waals surface area (Å²) < 4.78 is 77.3. The van der Waals surface area contributed by atoms with E-state index in [1.165, 1.54) is 42.5 Å². The number of rotatable bonds is 7. The quantitative estimate of drug-likeness (QED) is 0.482. The average molecular weight is 495 g/mol. The van der Waals surface area contributed by atoms with Gasteiger partial charge in [0.2, 0.25) is 15.9 Å². The van der Waals surface area contributed by atoms with Crippen LogP contribution in [0.2, 0.25) is 0 Å². The van der Waals surface area contributed by atoms with E-state index < -0.39 is 33.6 Å². The summed E-state index contributed by atoms with van der Waals surface area (Å²) in [5.41, 5.74) is 1.18. The first-order valence-corrected chi connectivity index (χ1v) is 11.8. The van der Waals surface area contributed by atoms with E-state index in [0.29, 0.717) is 22.5 Å². The first-order chi connectivity index (χ1) is 15.8. The van der Waals surface area contributed by atoms with E-state index in [1.807, 2.05) is 0 Å². The number of anilines is 2. The number of nitrogens with one attached hydrogen (secondary N) is 1. The monoisotopic (exact) mass is 495 g/mol. The fourth-order valence-corrected chi connectivity index (χ4v) is 4.04. The van der Waals surface area contributed by atoms with Crippen LogP contribution in [0.25, 0.3) is 0 Å². The van der Waals surface area contributed by atoms with Crippen LogP contribution in [0, 0.1) is 12.7 Å². The van der Waals surface area contributed by atoms with Crippen LogP contribution in [0.3, 0.4) is 0 Å². The molecule has 0 atom stereocenters. The second-order valence-electron chi connectivity index (χ2n) is 7.66. The van der Waals surface area contributed by atoms with E-state index in [0.717, 1.165) is 28.4 Å². The number of carbonyl (C=O) groups excluding carboxylic acids is 1. The zero-order chi connectivity index (χ0) is 25.1. The van der Waals surface area contributed by atoms with E-state index in [2.05, 4.69) is 10.3 Å². The molecule has 0 aliphatic rings. The summed E-state index contributed by atoms with van der Waals surface area (Å²) in [6.45, 7) is 1.68. The molecule has 6 nitrogen and oxygen atoms in total. The van der Waals surface area contributed by atoms with Gasteiger partial charge in [0, 0.05) is 11.9 Å². The highest BCUT2D eigenvalue weighted by atomic mass is 32.2. The van der Waals surface area contributed by atoms with Crippen molar-refractivity contribution in [1.29, 1.82) is 0 Å². The fraction of sp³-hybridized carbons (Fsp3) is 0.217. The van der Waals surface area contributed by atoms with Crippen molar-refractivity contribution in [2.75, 3.05) is 15.9 Å². The normalized spacial score (nSPS) is 11.8. The van der Waals surface area contributed by atoms with E-state index in [-0.39, 0.29) is 13.0 Å². The first kappa shape index (κ1) is 25.2. The van der Waals surface area contributed by atoms with Crippen molar-refractivity contribution in [3.8, 4) is 0 Å². The van der Waals surface area contributed by atoms with Gasteiger partial charge in [0.1, 0.15) is 11.5 Å².